The summed E-state index contributed by atoms with van der Waals surface area (Å²) in [5.41, 5.74) is 1.26. The van der Waals surface area contributed by atoms with Crippen LogP contribution in [0.25, 0.3) is 0 Å². The third-order valence-corrected chi connectivity index (χ3v) is 5.15. The highest BCUT2D eigenvalue weighted by molar-refractivity contribution is 14.0. The van der Waals surface area contributed by atoms with E-state index >= 15 is 0 Å². The van der Waals surface area contributed by atoms with E-state index in [1.165, 1.54) is 12.0 Å². The van der Waals surface area contributed by atoms with Crippen molar-refractivity contribution >= 4 is 29.9 Å². The number of rotatable bonds is 6. The molecule has 2 bridgehead atoms. The van der Waals surface area contributed by atoms with E-state index in [0.717, 1.165) is 37.7 Å². The molecule has 3 heterocycles. The summed E-state index contributed by atoms with van der Waals surface area (Å²) < 4.78 is 8.09. The molecule has 2 aromatic rings. The molecular weight excluding hydrogens is 453 g/mol. The van der Waals surface area contributed by atoms with E-state index in [0.29, 0.717) is 24.8 Å². The second kappa shape index (κ2) is 9.54. The topological polar surface area (TPSA) is 63.5 Å². The van der Waals surface area contributed by atoms with Crippen molar-refractivity contribution in [3.8, 4) is 0 Å². The SMILES string of the molecule is CCNC(=NCc1nccn1Cc1ccccc1)NC1CC2CCC1O2.I. The number of nitrogens with one attached hydrogen (secondary N) is 2. The molecule has 0 spiro atoms. The third-order valence-electron chi connectivity index (χ3n) is 5.15. The van der Waals surface area contributed by atoms with Crippen molar-refractivity contribution in [2.24, 2.45) is 4.99 Å². The molecule has 3 atom stereocenters. The highest BCUT2D eigenvalue weighted by Crippen LogP contribution is 2.34. The number of hydrogen-bond acceptors (Lipinski definition) is 3. The second-order valence-electron chi connectivity index (χ2n) is 7.01. The van der Waals surface area contributed by atoms with Gasteiger partial charge in [0.25, 0.3) is 0 Å². The fourth-order valence-electron chi connectivity index (χ4n) is 3.85. The maximum Gasteiger partial charge on any atom is 0.192 e. The number of ether oxygens (including phenoxy) is 1. The zero-order valence-corrected chi connectivity index (χ0v) is 18.0. The van der Waals surface area contributed by atoms with E-state index in [-0.39, 0.29) is 24.0 Å². The molecule has 7 heteroatoms. The third kappa shape index (κ3) is 5.01. The summed E-state index contributed by atoms with van der Waals surface area (Å²) in [6.07, 6.45) is 8.07. The molecule has 0 saturated carbocycles. The van der Waals surface area contributed by atoms with Crippen molar-refractivity contribution in [3.63, 3.8) is 0 Å². The van der Waals surface area contributed by atoms with Crippen LogP contribution in [0.1, 0.15) is 37.6 Å². The van der Waals surface area contributed by atoms with E-state index in [1.807, 2.05) is 18.5 Å². The Labute approximate surface area is 177 Å². The number of benzene rings is 1. The van der Waals surface area contributed by atoms with Gasteiger partial charge in [-0.3, -0.25) is 0 Å². The van der Waals surface area contributed by atoms with Crippen molar-refractivity contribution < 1.29 is 4.74 Å². The standard InChI is InChI=1S/C20H27N5O.HI/c1-2-21-20(24-17-12-16-8-9-18(17)26-16)23-13-19-22-10-11-25(19)14-15-6-4-3-5-7-15;/h3-7,10-11,16-18H,2,8-9,12-14H2,1H3,(H2,21,23,24);1H. The van der Waals surface area contributed by atoms with Crippen LogP contribution in [0.15, 0.2) is 47.7 Å². The minimum atomic E-state index is 0. The van der Waals surface area contributed by atoms with Gasteiger partial charge in [0.05, 0.1) is 18.2 Å². The van der Waals surface area contributed by atoms with Gasteiger partial charge in [-0.25, -0.2) is 9.98 Å². The van der Waals surface area contributed by atoms with Crippen LogP contribution in [0.5, 0.6) is 0 Å². The molecule has 1 aromatic heterocycles. The molecule has 2 aliphatic rings. The molecule has 4 rings (SSSR count). The molecule has 2 N–H and O–H groups in total. The zero-order valence-electron chi connectivity index (χ0n) is 15.7. The zero-order chi connectivity index (χ0) is 17.8. The van der Waals surface area contributed by atoms with Crippen LogP contribution in [-0.2, 0) is 17.8 Å². The average molecular weight is 481 g/mol. The van der Waals surface area contributed by atoms with Gasteiger partial charge < -0.3 is 19.9 Å². The Morgan fingerprint density at radius 2 is 2.15 bits per heavy atom. The number of nitrogens with zero attached hydrogens (tertiary/aromatic N) is 3. The summed E-state index contributed by atoms with van der Waals surface area (Å²) >= 11 is 0. The summed E-state index contributed by atoms with van der Waals surface area (Å²) in [5.74, 6) is 1.82. The molecule has 0 radical (unpaired) electrons. The van der Waals surface area contributed by atoms with Crippen LogP contribution in [0.3, 0.4) is 0 Å². The number of imidazole rings is 1. The fourth-order valence-corrected chi connectivity index (χ4v) is 3.85. The van der Waals surface area contributed by atoms with Gasteiger partial charge in [-0.2, -0.15) is 0 Å². The van der Waals surface area contributed by atoms with Crippen molar-refractivity contribution in [1.29, 1.82) is 0 Å². The highest BCUT2D eigenvalue weighted by Gasteiger charge is 2.41. The minimum Gasteiger partial charge on any atom is -0.373 e. The maximum absolute atomic E-state index is 5.94. The molecule has 1 aromatic carbocycles. The predicted molar refractivity (Wildman–Crippen MR) is 117 cm³/mol. The number of fused-ring (bicyclic) bond motifs is 2. The van der Waals surface area contributed by atoms with Gasteiger partial charge in [0, 0.05) is 25.5 Å². The number of hydrogen-bond donors (Lipinski definition) is 2. The lowest BCUT2D eigenvalue weighted by Gasteiger charge is -2.22. The van der Waals surface area contributed by atoms with Crippen LogP contribution < -0.4 is 10.6 Å². The lowest BCUT2D eigenvalue weighted by molar-refractivity contribution is 0.0992. The van der Waals surface area contributed by atoms with Gasteiger partial charge in [-0.15, -0.1) is 24.0 Å². The Morgan fingerprint density at radius 1 is 1.30 bits per heavy atom. The highest BCUT2D eigenvalue weighted by atomic mass is 127. The largest absolute Gasteiger partial charge is 0.373 e. The lowest BCUT2D eigenvalue weighted by Crippen LogP contribution is -2.47. The lowest BCUT2D eigenvalue weighted by atomic mass is 9.96. The van der Waals surface area contributed by atoms with Crippen LogP contribution in [0, 0.1) is 0 Å². The Kier molecular flexibility index (Phi) is 7.12. The quantitative estimate of drug-likeness (QED) is 0.379. The normalized spacial score (nSPS) is 23.9. The summed E-state index contributed by atoms with van der Waals surface area (Å²) in [4.78, 5) is 9.25. The number of aliphatic imine (C=N–C) groups is 1. The Balaban J connectivity index is 0.00000210. The molecule has 2 aliphatic heterocycles. The second-order valence-corrected chi connectivity index (χ2v) is 7.01. The molecular formula is C20H28IN5O. The first-order valence-electron chi connectivity index (χ1n) is 9.56. The number of aromatic nitrogens is 2. The van der Waals surface area contributed by atoms with Gasteiger partial charge in [0.2, 0.25) is 0 Å². The van der Waals surface area contributed by atoms with Crippen LogP contribution in [0.2, 0.25) is 0 Å². The fraction of sp³-hybridized carbons (Fsp3) is 0.500. The summed E-state index contributed by atoms with van der Waals surface area (Å²) in [7, 11) is 0. The van der Waals surface area contributed by atoms with Gasteiger partial charge in [-0.05, 0) is 31.7 Å². The van der Waals surface area contributed by atoms with Gasteiger partial charge in [0.15, 0.2) is 5.96 Å². The molecule has 2 saturated heterocycles. The molecule has 27 heavy (non-hydrogen) atoms. The summed E-state index contributed by atoms with van der Waals surface area (Å²) in [5, 5.41) is 6.90. The molecule has 6 nitrogen and oxygen atoms in total. The minimum absolute atomic E-state index is 0. The van der Waals surface area contributed by atoms with E-state index in [1.54, 1.807) is 0 Å². The maximum atomic E-state index is 5.94. The summed E-state index contributed by atoms with van der Waals surface area (Å²) in [6.45, 7) is 4.30. The van der Waals surface area contributed by atoms with E-state index < -0.39 is 0 Å². The van der Waals surface area contributed by atoms with Crippen molar-refractivity contribution in [2.75, 3.05) is 6.54 Å². The molecule has 0 amide bonds. The monoisotopic (exact) mass is 481 g/mol. The van der Waals surface area contributed by atoms with E-state index in [4.69, 9.17) is 9.73 Å². The predicted octanol–water partition coefficient (Wildman–Crippen LogP) is 2.92. The first-order valence-corrected chi connectivity index (χ1v) is 9.56. The van der Waals surface area contributed by atoms with E-state index in [9.17, 15) is 0 Å². The van der Waals surface area contributed by atoms with Gasteiger partial charge in [0.1, 0.15) is 12.4 Å². The van der Waals surface area contributed by atoms with Crippen molar-refractivity contribution in [2.45, 2.75) is 57.5 Å². The Hall–Kier alpha value is -1.61. The Bertz CT molecular complexity index is 748. The Morgan fingerprint density at radius 3 is 2.85 bits per heavy atom. The van der Waals surface area contributed by atoms with Gasteiger partial charge in [-0.1, -0.05) is 30.3 Å². The van der Waals surface area contributed by atoms with Crippen LogP contribution in [-0.4, -0.2) is 40.3 Å². The smallest absolute Gasteiger partial charge is 0.192 e. The molecule has 3 unspecified atom stereocenters. The molecule has 146 valence electrons. The number of halogens is 1. The first-order chi connectivity index (χ1) is 12.8. The molecule has 0 aliphatic carbocycles. The van der Waals surface area contributed by atoms with Crippen LogP contribution in [0.4, 0.5) is 0 Å². The molecule has 2 fully saturated rings. The van der Waals surface area contributed by atoms with Crippen molar-refractivity contribution in [3.05, 3.63) is 54.1 Å². The van der Waals surface area contributed by atoms with Gasteiger partial charge >= 0.3 is 0 Å². The van der Waals surface area contributed by atoms with E-state index in [2.05, 4.69) is 51.4 Å². The van der Waals surface area contributed by atoms with Crippen LogP contribution >= 0.6 is 24.0 Å². The first kappa shape index (κ1) is 20.1. The average Bonchev–Trinajstić information content (AvgIpc) is 3.38. The number of guanidine groups is 1. The van der Waals surface area contributed by atoms with Crippen molar-refractivity contribution in [1.82, 2.24) is 20.2 Å². The summed E-state index contributed by atoms with van der Waals surface area (Å²) in [6, 6.07) is 10.8.